The minimum Gasteiger partial charge on any atom is -0.494 e. The average Bonchev–Trinajstić information content (AvgIpc) is 2.63. The molecule has 0 bridgehead atoms. The molecule has 0 aliphatic rings. The number of hydrogen-bond donors (Lipinski definition) is 0. The van der Waals surface area contributed by atoms with Gasteiger partial charge in [-0.15, -0.1) is 0 Å². The second-order valence-corrected chi connectivity index (χ2v) is 6.35. The maximum Gasteiger partial charge on any atom is 0.119 e. The van der Waals surface area contributed by atoms with Crippen LogP contribution in [-0.4, -0.2) is 26.4 Å². The van der Waals surface area contributed by atoms with Gasteiger partial charge < -0.3 is 14.2 Å². The molecule has 0 radical (unpaired) electrons. The molecule has 2 aromatic rings. The summed E-state index contributed by atoms with van der Waals surface area (Å²) in [5.41, 5.74) is 2.51. The highest BCUT2D eigenvalue weighted by Gasteiger charge is 1.96. The van der Waals surface area contributed by atoms with Crippen molar-refractivity contribution in [2.75, 3.05) is 26.4 Å². The topological polar surface area (TPSA) is 27.7 Å². The van der Waals surface area contributed by atoms with Crippen LogP contribution in [0.1, 0.15) is 36.8 Å². The normalized spacial score (nSPS) is 10.6. The van der Waals surface area contributed by atoms with Gasteiger partial charge in [0.1, 0.15) is 11.5 Å². The van der Waals surface area contributed by atoms with Crippen LogP contribution in [0.4, 0.5) is 0 Å². The fourth-order valence-corrected chi connectivity index (χ4v) is 2.36. The van der Waals surface area contributed by atoms with Crippen LogP contribution in [0.15, 0.2) is 48.5 Å². The van der Waals surface area contributed by atoms with Crippen LogP contribution in [0.5, 0.6) is 11.5 Å². The first-order valence-electron chi connectivity index (χ1n) is 9.21. The van der Waals surface area contributed by atoms with E-state index in [0.29, 0.717) is 0 Å². The highest BCUT2D eigenvalue weighted by molar-refractivity contribution is 5.26. The van der Waals surface area contributed by atoms with E-state index in [-0.39, 0.29) is 0 Å². The first kappa shape index (κ1) is 19.3. The predicted molar refractivity (Wildman–Crippen MR) is 103 cm³/mol. The molecule has 0 unspecified atom stereocenters. The molecule has 3 nitrogen and oxygen atoms in total. The molecule has 0 aromatic heterocycles. The number of unbranched alkanes of at least 4 members (excludes halogenated alkanes) is 2. The Kier molecular flexibility index (Phi) is 8.92. The number of rotatable bonds is 12. The summed E-state index contributed by atoms with van der Waals surface area (Å²) in [5, 5.41) is 0. The van der Waals surface area contributed by atoms with Crippen LogP contribution in [-0.2, 0) is 4.74 Å². The molecule has 0 saturated heterocycles. The summed E-state index contributed by atoms with van der Waals surface area (Å²) in [6.45, 7) is 7.26. The van der Waals surface area contributed by atoms with Gasteiger partial charge in [-0.3, -0.25) is 0 Å². The molecule has 0 aliphatic carbocycles. The maximum absolute atomic E-state index is 5.70. The molecule has 0 saturated carbocycles. The Morgan fingerprint density at radius 3 is 1.28 bits per heavy atom. The van der Waals surface area contributed by atoms with Gasteiger partial charge in [0, 0.05) is 13.2 Å². The molecule has 2 rings (SSSR count). The number of aryl methyl sites for hydroxylation is 2. The fraction of sp³-hybridized carbons (Fsp3) is 0.455. The zero-order valence-electron chi connectivity index (χ0n) is 15.5. The van der Waals surface area contributed by atoms with Gasteiger partial charge in [-0.1, -0.05) is 35.4 Å². The molecule has 0 aliphatic heterocycles. The summed E-state index contributed by atoms with van der Waals surface area (Å²) >= 11 is 0. The van der Waals surface area contributed by atoms with Crippen LogP contribution < -0.4 is 9.47 Å². The van der Waals surface area contributed by atoms with Crippen molar-refractivity contribution >= 4 is 0 Å². The van der Waals surface area contributed by atoms with Crippen molar-refractivity contribution in [3.05, 3.63) is 59.7 Å². The lowest BCUT2D eigenvalue weighted by molar-refractivity contribution is 0.119. The molecule has 0 spiro atoms. The summed E-state index contributed by atoms with van der Waals surface area (Å²) in [7, 11) is 0. The van der Waals surface area contributed by atoms with Crippen LogP contribution in [0.25, 0.3) is 0 Å². The summed E-state index contributed by atoms with van der Waals surface area (Å²) in [4.78, 5) is 0. The lowest BCUT2D eigenvalue weighted by Gasteiger charge is -2.08. The molecule has 25 heavy (non-hydrogen) atoms. The lowest BCUT2D eigenvalue weighted by atomic mass is 10.2. The average molecular weight is 342 g/mol. The standard InChI is InChI=1S/C22H30O3/c1-19-7-11-21(12-8-19)24-17-5-3-15-23-16-4-6-18-25-22-13-9-20(2)10-14-22/h7-14H,3-6,15-18H2,1-2H3. The molecular formula is C22H30O3. The third-order valence-corrected chi connectivity index (χ3v) is 3.95. The SMILES string of the molecule is Cc1ccc(OCCCCOCCCCOc2ccc(C)cc2)cc1. The van der Waals surface area contributed by atoms with Gasteiger partial charge in [0.25, 0.3) is 0 Å². The van der Waals surface area contributed by atoms with E-state index in [1.54, 1.807) is 0 Å². The van der Waals surface area contributed by atoms with Crippen molar-refractivity contribution in [1.82, 2.24) is 0 Å². The highest BCUT2D eigenvalue weighted by Crippen LogP contribution is 2.12. The summed E-state index contributed by atoms with van der Waals surface area (Å²) in [6, 6.07) is 16.4. The smallest absolute Gasteiger partial charge is 0.119 e. The predicted octanol–water partition coefficient (Wildman–Crippen LogP) is 5.34. The summed E-state index contributed by atoms with van der Waals surface area (Å²) < 4.78 is 17.1. The van der Waals surface area contributed by atoms with E-state index in [1.807, 2.05) is 24.3 Å². The van der Waals surface area contributed by atoms with Crippen LogP contribution >= 0.6 is 0 Å². The highest BCUT2D eigenvalue weighted by atomic mass is 16.5. The van der Waals surface area contributed by atoms with Crippen molar-refractivity contribution in [3.8, 4) is 11.5 Å². The monoisotopic (exact) mass is 342 g/mol. The molecule has 0 amide bonds. The van der Waals surface area contributed by atoms with E-state index >= 15 is 0 Å². The van der Waals surface area contributed by atoms with E-state index in [4.69, 9.17) is 14.2 Å². The molecule has 2 aromatic carbocycles. The van der Waals surface area contributed by atoms with Gasteiger partial charge in [-0.05, 0) is 63.8 Å². The first-order chi connectivity index (χ1) is 12.2. The third kappa shape index (κ3) is 8.59. The Balaban J connectivity index is 1.37. The summed E-state index contributed by atoms with van der Waals surface area (Å²) in [5.74, 6) is 1.89. The minimum absolute atomic E-state index is 0.747. The van der Waals surface area contributed by atoms with E-state index < -0.39 is 0 Å². The molecule has 0 fully saturated rings. The maximum atomic E-state index is 5.70. The molecule has 136 valence electrons. The second-order valence-electron chi connectivity index (χ2n) is 6.35. The van der Waals surface area contributed by atoms with Crippen molar-refractivity contribution < 1.29 is 14.2 Å². The van der Waals surface area contributed by atoms with Gasteiger partial charge in [0.15, 0.2) is 0 Å². The van der Waals surface area contributed by atoms with Gasteiger partial charge in [-0.2, -0.15) is 0 Å². The zero-order valence-corrected chi connectivity index (χ0v) is 15.5. The Labute approximate surface area is 151 Å². The van der Waals surface area contributed by atoms with Crippen molar-refractivity contribution in [1.29, 1.82) is 0 Å². The second kappa shape index (κ2) is 11.5. The van der Waals surface area contributed by atoms with Crippen molar-refractivity contribution in [2.45, 2.75) is 39.5 Å². The minimum atomic E-state index is 0.747. The number of benzene rings is 2. The van der Waals surface area contributed by atoms with Crippen LogP contribution in [0.3, 0.4) is 0 Å². The molecule has 0 heterocycles. The van der Waals surface area contributed by atoms with Crippen LogP contribution in [0, 0.1) is 13.8 Å². The largest absolute Gasteiger partial charge is 0.494 e. The van der Waals surface area contributed by atoms with Gasteiger partial charge in [0.05, 0.1) is 13.2 Å². The van der Waals surface area contributed by atoms with Crippen molar-refractivity contribution in [3.63, 3.8) is 0 Å². The Bertz CT molecular complexity index is 522. The Morgan fingerprint density at radius 2 is 0.880 bits per heavy atom. The van der Waals surface area contributed by atoms with Gasteiger partial charge in [-0.25, -0.2) is 0 Å². The van der Waals surface area contributed by atoms with E-state index in [0.717, 1.165) is 63.6 Å². The fourth-order valence-electron chi connectivity index (χ4n) is 2.36. The molecule has 0 N–H and O–H groups in total. The van der Waals surface area contributed by atoms with E-state index in [2.05, 4.69) is 38.1 Å². The zero-order chi connectivity index (χ0) is 17.7. The Hall–Kier alpha value is -2.00. The number of ether oxygens (including phenoxy) is 3. The van der Waals surface area contributed by atoms with Crippen molar-refractivity contribution in [2.24, 2.45) is 0 Å². The van der Waals surface area contributed by atoms with E-state index in [1.165, 1.54) is 11.1 Å². The van der Waals surface area contributed by atoms with Crippen LogP contribution in [0.2, 0.25) is 0 Å². The van der Waals surface area contributed by atoms with E-state index in [9.17, 15) is 0 Å². The first-order valence-corrected chi connectivity index (χ1v) is 9.21. The van der Waals surface area contributed by atoms with Gasteiger partial charge in [0.2, 0.25) is 0 Å². The Morgan fingerprint density at radius 1 is 0.520 bits per heavy atom. The number of hydrogen-bond acceptors (Lipinski definition) is 3. The molecule has 0 atom stereocenters. The van der Waals surface area contributed by atoms with Gasteiger partial charge >= 0.3 is 0 Å². The summed E-state index contributed by atoms with van der Waals surface area (Å²) in [6.07, 6.45) is 4.10. The third-order valence-electron chi connectivity index (χ3n) is 3.95. The molecule has 3 heteroatoms. The lowest BCUT2D eigenvalue weighted by Crippen LogP contribution is -2.03. The quantitative estimate of drug-likeness (QED) is 0.487. The molecular weight excluding hydrogens is 312 g/mol.